The van der Waals surface area contributed by atoms with Crippen LogP contribution in [0.2, 0.25) is 0 Å². The summed E-state index contributed by atoms with van der Waals surface area (Å²) in [5, 5.41) is 13.6. The zero-order valence-corrected chi connectivity index (χ0v) is 14.6. The topological polar surface area (TPSA) is 88.2 Å². The Morgan fingerprint density at radius 3 is 2.64 bits per heavy atom. The maximum Gasteiger partial charge on any atom is 0.251 e. The van der Waals surface area contributed by atoms with E-state index in [4.69, 9.17) is 5.73 Å². The van der Waals surface area contributed by atoms with Crippen LogP contribution in [0.15, 0.2) is 54.7 Å². The Balaban J connectivity index is 1.89. The number of rotatable bonds is 6. The quantitative estimate of drug-likeness (QED) is 0.622. The van der Waals surface area contributed by atoms with Crippen molar-refractivity contribution < 1.29 is 9.90 Å². The number of hydrogen-bond acceptors (Lipinski definition) is 5. The molecule has 1 unspecified atom stereocenters. The van der Waals surface area contributed by atoms with Crippen molar-refractivity contribution in [2.45, 2.75) is 19.4 Å². The van der Waals surface area contributed by atoms with Crippen molar-refractivity contribution in [3.05, 3.63) is 65.9 Å². The number of pyridine rings is 1. The monoisotopic (exact) mass is 353 g/mol. The van der Waals surface area contributed by atoms with Crippen LogP contribution in [0.3, 0.4) is 0 Å². The second-order valence-corrected chi connectivity index (χ2v) is 6.66. The molecule has 0 radical (unpaired) electrons. The first-order valence-electron chi connectivity index (χ1n) is 7.98. The number of primary amides is 1. The number of aromatic nitrogens is 1. The van der Waals surface area contributed by atoms with Gasteiger partial charge in [-0.05, 0) is 29.7 Å². The fourth-order valence-corrected chi connectivity index (χ4v) is 3.52. The number of hydrogen-bond donors (Lipinski definition) is 3. The number of carbonyl (C=O) groups is 1. The Morgan fingerprint density at radius 1 is 1.28 bits per heavy atom. The molecule has 2 heterocycles. The molecule has 25 heavy (non-hydrogen) atoms. The average Bonchev–Trinajstić information content (AvgIpc) is 3.06. The fraction of sp³-hybridized carbons (Fsp3) is 0.158. The van der Waals surface area contributed by atoms with Gasteiger partial charge in [0.25, 0.3) is 5.91 Å². The van der Waals surface area contributed by atoms with Gasteiger partial charge in [-0.1, -0.05) is 43.3 Å². The van der Waals surface area contributed by atoms with E-state index in [-0.39, 0.29) is 0 Å². The zero-order valence-electron chi connectivity index (χ0n) is 13.8. The third-order valence-electron chi connectivity index (χ3n) is 3.86. The smallest absolute Gasteiger partial charge is 0.251 e. The third kappa shape index (κ3) is 3.87. The van der Waals surface area contributed by atoms with Gasteiger partial charge in [-0.3, -0.25) is 4.79 Å². The lowest BCUT2D eigenvalue weighted by Crippen LogP contribution is -2.11. The Kier molecular flexibility index (Phi) is 5.11. The van der Waals surface area contributed by atoms with Gasteiger partial charge in [-0.15, -0.1) is 11.3 Å². The Hall–Kier alpha value is -2.70. The van der Waals surface area contributed by atoms with Gasteiger partial charge in [-0.25, -0.2) is 4.98 Å². The van der Waals surface area contributed by atoms with E-state index < -0.39 is 12.0 Å². The summed E-state index contributed by atoms with van der Waals surface area (Å²) < 4.78 is 0. The lowest BCUT2D eigenvalue weighted by atomic mass is 10.1. The van der Waals surface area contributed by atoms with Crippen LogP contribution in [-0.4, -0.2) is 16.0 Å². The average molecular weight is 353 g/mol. The standard InChI is InChI=1S/C19H19N3O2S/c1-2-15(23)13-8-9-17(21-11-13)22-19-14(18(20)24)10-16(25-19)12-6-4-3-5-7-12/h3-11,15,23H,2H2,1H3,(H2,20,24)(H,21,22). The zero-order chi connectivity index (χ0) is 17.8. The molecule has 1 amide bonds. The number of anilines is 2. The highest BCUT2D eigenvalue weighted by atomic mass is 32.1. The molecule has 4 N–H and O–H groups in total. The van der Waals surface area contributed by atoms with Crippen molar-refractivity contribution in [1.29, 1.82) is 0 Å². The van der Waals surface area contributed by atoms with Gasteiger partial charge in [0.15, 0.2) is 0 Å². The second-order valence-electron chi connectivity index (χ2n) is 5.61. The molecule has 0 saturated carbocycles. The third-order valence-corrected chi connectivity index (χ3v) is 4.95. The number of aliphatic hydroxyl groups is 1. The van der Waals surface area contributed by atoms with Crippen LogP contribution in [0, 0.1) is 0 Å². The number of nitrogens with two attached hydrogens (primary N) is 1. The molecule has 0 fully saturated rings. The predicted octanol–water partition coefficient (Wildman–Crippen LogP) is 4.10. The second kappa shape index (κ2) is 7.46. The molecule has 0 saturated heterocycles. The summed E-state index contributed by atoms with van der Waals surface area (Å²) in [6, 6.07) is 15.2. The summed E-state index contributed by atoms with van der Waals surface area (Å²) in [4.78, 5) is 17.0. The predicted molar refractivity (Wildman–Crippen MR) is 101 cm³/mol. The van der Waals surface area contributed by atoms with E-state index in [0.29, 0.717) is 22.8 Å². The van der Waals surface area contributed by atoms with Crippen LogP contribution in [0.25, 0.3) is 10.4 Å². The number of aliphatic hydroxyl groups excluding tert-OH is 1. The minimum atomic E-state index is -0.519. The van der Waals surface area contributed by atoms with E-state index in [1.807, 2.05) is 43.3 Å². The van der Waals surface area contributed by atoms with Crippen LogP contribution in [-0.2, 0) is 0 Å². The van der Waals surface area contributed by atoms with E-state index in [1.165, 1.54) is 11.3 Å². The minimum absolute atomic E-state index is 0.434. The Labute approximate surface area is 150 Å². The summed E-state index contributed by atoms with van der Waals surface area (Å²) >= 11 is 1.45. The molecule has 0 aliphatic rings. The van der Waals surface area contributed by atoms with E-state index >= 15 is 0 Å². The number of amides is 1. The normalized spacial score (nSPS) is 11.9. The van der Waals surface area contributed by atoms with Gasteiger partial charge in [0, 0.05) is 11.1 Å². The molecule has 3 aromatic rings. The molecule has 1 atom stereocenters. The van der Waals surface area contributed by atoms with E-state index in [1.54, 1.807) is 18.3 Å². The molecule has 6 heteroatoms. The SMILES string of the molecule is CCC(O)c1ccc(Nc2sc(-c3ccccc3)cc2C(N)=O)nc1. The van der Waals surface area contributed by atoms with Gasteiger partial charge < -0.3 is 16.2 Å². The first kappa shape index (κ1) is 17.1. The van der Waals surface area contributed by atoms with Crippen molar-refractivity contribution in [1.82, 2.24) is 4.98 Å². The van der Waals surface area contributed by atoms with Gasteiger partial charge in [0.2, 0.25) is 0 Å². The number of nitrogens with zero attached hydrogens (tertiary/aromatic N) is 1. The number of benzene rings is 1. The highest BCUT2D eigenvalue weighted by molar-refractivity contribution is 7.19. The van der Waals surface area contributed by atoms with Crippen LogP contribution >= 0.6 is 11.3 Å². The number of carbonyl (C=O) groups excluding carboxylic acids is 1. The van der Waals surface area contributed by atoms with E-state index in [9.17, 15) is 9.90 Å². The van der Waals surface area contributed by atoms with Crippen molar-refractivity contribution in [3.63, 3.8) is 0 Å². The van der Waals surface area contributed by atoms with Gasteiger partial charge in [0.1, 0.15) is 10.8 Å². The van der Waals surface area contributed by atoms with Crippen LogP contribution in [0.5, 0.6) is 0 Å². The van der Waals surface area contributed by atoms with Crippen LogP contribution in [0.1, 0.15) is 35.4 Å². The molecule has 0 aliphatic carbocycles. The van der Waals surface area contributed by atoms with Gasteiger partial charge in [-0.2, -0.15) is 0 Å². The molecule has 0 bridgehead atoms. The molecule has 0 spiro atoms. The molecule has 2 aromatic heterocycles. The van der Waals surface area contributed by atoms with Gasteiger partial charge in [0.05, 0.1) is 11.7 Å². The molecular formula is C19H19N3O2S. The molecule has 5 nitrogen and oxygen atoms in total. The Bertz CT molecular complexity index is 860. The first-order chi connectivity index (χ1) is 12.1. The van der Waals surface area contributed by atoms with Crippen LogP contribution in [0.4, 0.5) is 10.8 Å². The van der Waals surface area contributed by atoms with Gasteiger partial charge >= 0.3 is 0 Å². The van der Waals surface area contributed by atoms with E-state index in [0.717, 1.165) is 16.0 Å². The Morgan fingerprint density at radius 2 is 2.04 bits per heavy atom. The summed E-state index contributed by atoms with van der Waals surface area (Å²) in [5.41, 5.74) is 7.74. The summed E-state index contributed by atoms with van der Waals surface area (Å²) in [6.45, 7) is 1.91. The molecule has 3 rings (SSSR count). The number of nitrogens with one attached hydrogen (secondary N) is 1. The van der Waals surface area contributed by atoms with Crippen molar-refractivity contribution in [2.24, 2.45) is 5.73 Å². The minimum Gasteiger partial charge on any atom is -0.388 e. The molecule has 0 aliphatic heterocycles. The highest BCUT2D eigenvalue weighted by Crippen LogP contribution is 2.36. The molecular weight excluding hydrogens is 334 g/mol. The largest absolute Gasteiger partial charge is 0.388 e. The van der Waals surface area contributed by atoms with Crippen LogP contribution < -0.4 is 11.1 Å². The molecule has 128 valence electrons. The maximum atomic E-state index is 11.8. The summed E-state index contributed by atoms with van der Waals surface area (Å²) in [6.07, 6.45) is 1.74. The number of thiophene rings is 1. The molecule has 1 aromatic carbocycles. The summed E-state index contributed by atoms with van der Waals surface area (Å²) in [5.74, 6) is 0.106. The summed E-state index contributed by atoms with van der Waals surface area (Å²) in [7, 11) is 0. The first-order valence-corrected chi connectivity index (χ1v) is 8.80. The van der Waals surface area contributed by atoms with E-state index in [2.05, 4.69) is 10.3 Å². The van der Waals surface area contributed by atoms with Crippen molar-refractivity contribution >= 4 is 28.1 Å². The highest BCUT2D eigenvalue weighted by Gasteiger charge is 2.15. The fourth-order valence-electron chi connectivity index (χ4n) is 2.44. The van der Waals surface area contributed by atoms with Crippen molar-refractivity contribution in [3.8, 4) is 10.4 Å². The van der Waals surface area contributed by atoms with Crippen molar-refractivity contribution in [2.75, 3.05) is 5.32 Å². The maximum absolute atomic E-state index is 11.8. The lowest BCUT2D eigenvalue weighted by Gasteiger charge is -2.09. The lowest BCUT2D eigenvalue weighted by molar-refractivity contribution is 0.100.